The van der Waals surface area contributed by atoms with Crippen molar-refractivity contribution in [3.05, 3.63) is 52.5 Å². The standard InChI is InChI=1S/C21H27ClN2O3/c1-25-18-10-9-17(20(26-2)21(18)27-3)19(15-5-7-16(22)8-6-15)24-13-4-11-23-12-14-24/h5-10,19,23H,4,11-14H2,1-3H3. The Morgan fingerprint density at radius 1 is 0.889 bits per heavy atom. The molecule has 0 spiro atoms. The maximum Gasteiger partial charge on any atom is 0.203 e. The van der Waals surface area contributed by atoms with Gasteiger partial charge in [0.05, 0.1) is 27.4 Å². The zero-order valence-electron chi connectivity index (χ0n) is 16.1. The monoisotopic (exact) mass is 390 g/mol. The largest absolute Gasteiger partial charge is 0.493 e. The van der Waals surface area contributed by atoms with Gasteiger partial charge in [-0.15, -0.1) is 0 Å². The number of methoxy groups -OCH3 is 3. The molecule has 1 N–H and O–H groups in total. The molecule has 1 saturated heterocycles. The van der Waals surface area contributed by atoms with Crippen LogP contribution < -0.4 is 19.5 Å². The first-order valence-corrected chi connectivity index (χ1v) is 9.56. The average molecular weight is 391 g/mol. The van der Waals surface area contributed by atoms with E-state index in [0.717, 1.165) is 43.2 Å². The molecule has 2 aromatic rings. The van der Waals surface area contributed by atoms with E-state index in [4.69, 9.17) is 25.8 Å². The lowest BCUT2D eigenvalue weighted by atomic mass is 9.95. The van der Waals surface area contributed by atoms with Crippen LogP contribution in [-0.2, 0) is 0 Å². The second-order valence-electron chi connectivity index (χ2n) is 6.52. The van der Waals surface area contributed by atoms with Crippen molar-refractivity contribution >= 4 is 11.6 Å². The van der Waals surface area contributed by atoms with Crippen LogP contribution in [0.2, 0.25) is 5.02 Å². The second kappa shape index (κ2) is 9.31. The first-order chi connectivity index (χ1) is 13.2. The van der Waals surface area contributed by atoms with E-state index >= 15 is 0 Å². The number of hydrogen-bond donors (Lipinski definition) is 1. The van der Waals surface area contributed by atoms with Crippen LogP contribution >= 0.6 is 11.6 Å². The summed E-state index contributed by atoms with van der Waals surface area (Å²) in [5, 5.41) is 4.21. The lowest BCUT2D eigenvalue weighted by Crippen LogP contribution is -2.33. The Hall–Kier alpha value is -1.95. The van der Waals surface area contributed by atoms with Gasteiger partial charge in [0.25, 0.3) is 0 Å². The molecular formula is C21H27ClN2O3. The molecule has 0 bridgehead atoms. The smallest absolute Gasteiger partial charge is 0.203 e. The van der Waals surface area contributed by atoms with Crippen molar-refractivity contribution in [3.8, 4) is 17.2 Å². The van der Waals surface area contributed by atoms with Gasteiger partial charge < -0.3 is 19.5 Å². The van der Waals surface area contributed by atoms with E-state index in [-0.39, 0.29) is 6.04 Å². The molecule has 0 aromatic heterocycles. The Morgan fingerprint density at radius 3 is 2.30 bits per heavy atom. The maximum atomic E-state index is 6.14. The van der Waals surface area contributed by atoms with Crippen molar-refractivity contribution in [2.45, 2.75) is 12.5 Å². The minimum atomic E-state index is 0.0388. The van der Waals surface area contributed by atoms with Gasteiger partial charge in [0.15, 0.2) is 11.5 Å². The zero-order valence-corrected chi connectivity index (χ0v) is 16.9. The predicted molar refractivity (Wildman–Crippen MR) is 108 cm³/mol. The Labute approximate surface area is 166 Å². The fourth-order valence-electron chi connectivity index (χ4n) is 3.70. The fraction of sp³-hybridized carbons (Fsp3) is 0.429. The highest BCUT2D eigenvalue weighted by molar-refractivity contribution is 6.30. The Bertz CT molecular complexity index is 744. The fourth-order valence-corrected chi connectivity index (χ4v) is 3.82. The third-order valence-electron chi connectivity index (χ3n) is 4.95. The molecule has 146 valence electrons. The number of nitrogens with one attached hydrogen (secondary N) is 1. The van der Waals surface area contributed by atoms with Crippen molar-refractivity contribution in [1.29, 1.82) is 0 Å². The first kappa shape index (κ1) is 19.8. The van der Waals surface area contributed by atoms with Crippen LogP contribution in [0.15, 0.2) is 36.4 Å². The van der Waals surface area contributed by atoms with Crippen LogP contribution in [0.1, 0.15) is 23.6 Å². The minimum absolute atomic E-state index is 0.0388. The normalized spacial score (nSPS) is 16.4. The number of nitrogens with zero attached hydrogens (tertiary/aromatic N) is 1. The molecule has 1 aliphatic rings. The van der Waals surface area contributed by atoms with Gasteiger partial charge in [0.1, 0.15) is 0 Å². The van der Waals surface area contributed by atoms with Crippen LogP contribution in [0.4, 0.5) is 0 Å². The highest BCUT2D eigenvalue weighted by Crippen LogP contribution is 2.45. The van der Waals surface area contributed by atoms with E-state index in [9.17, 15) is 0 Å². The molecule has 0 radical (unpaired) electrons. The topological polar surface area (TPSA) is 43.0 Å². The molecule has 5 nitrogen and oxygen atoms in total. The molecule has 0 aliphatic carbocycles. The van der Waals surface area contributed by atoms with Gasteiger partial charge in [-0.05, 0) is 42.8 Å². The zero-order chi connectivity index (χ0) is 19.2. The maximum absolute atomic E-state index is 6.14. The van der Waals surface area contributed by atoms with Crippen LogP contribution in [0, 0.1) is 0 Å². The summed E-state index contributed by atoms with van der Waals surface area (Å²) in [5.74, 6) is 1.98. The van der Waals surface area contributed by atoms with E-state index in [0.29, 0.717) is 17.2 Å². The number of benzene rings is 2. The molecule has 1 heterocycles. The van der Waals surface area contributed by atoms with E-state index < -0.39 is 0 Å². The van der Waals surface area contributed by atoms with Gasteiger partial charge in [-0.3, -0.25) is 4.90 Å². The molecular weight excluding hydrogens is 364 g/mol. The molecule has 6 heteroatoms. The van der Waals surface area contributed by atoms with Gasteiger partial charge >= 0.3 is 0 Å². The van der Waals surface area contributed by atoms with Gasteiger partial charge in [0.2, 0.25) is 5.75 Å². The lowest BCUT2D eigenvalue weighted by molar-refractivity contribution is 0.233. The van der Waals surface area contributed by atoms with Crippen LogP contribution in [0.5, 0.6) is 17.2 Å². The molecule has 0 saturated carbocycles. The second-order valence-corrected chi connectivity index (χ2v) is 6.95. The Morgan fingerprint density at radius 2 is 1.63 bits per heavy atom. The number of rotatable bonds is 6. The molecule has 3 rings (SSSR count). The Balaban J connectivity index is 2.13. The number of hydrogen-bond acceptors (Lipinski definition) is 5. The van der Waals surface area contributed by atoms with E-state index in [1.165, 1.54) is 5.56 Å². The number of halogens is 1. The summed E-state index contributed by atoms with van der Waals surface area (Å²) in [5.41, 5.74) is 2.23. The summed E-state index contributed by atoms with van der Waals surface area (Å²) < 4.78 is 16.9. The highest BCUT2D eigenvalue weighted by atomic mass is 35.5. The van der Waals surface area contributed by atoms with E-state index in [1.54, 1.807) is 21.3 Å². The molecule has 2 aromatic carbocycles. The average Bonchev–Trinajstić information content (AvgIpc) is 2.98. The molecule has 1 atom stereocenters. The minimum Gasteiger partial charge on any atom is -0.493 e. The van der Waals surface area contributed by atoms with Crippen molar-refractivity contribution in [1.82, 2.24) is 10.2 Å². The summed E-state index contributed by atoms with van der Waals surface area (Å²) in [7, 11) is 4.94. The predicted octanol–water partition coefficient (Wildman–Crippen LogP) is 3.75. The van der Waals surface area contributed by atoms with Gasteiger partial charge in [-0.2, -0.15) is 0 Å². The summed E-state index contributed by atoms with van der Waals surface area (Å²) in [6, 6.07) is 12.1. The molecule has 1 aliphatic heterocycles. The summed E-state index contributed by atoms with van der Waals surface area (Å²) in [4.78, 5) is 2.48. The van der Waals surface area contributed by atoms with E-state index in [2.05, 4.69) is 28.4 Å². The summed E-state index contributed by atoms with van der Waals surface area (Å²) >= 11 is 6.14. The highest BCUT2D eigenvalue weighted by Gasteiger charge is 2.28. The SMILES string of the molecule is COc1ccc(C(c2ccc(Cl)cc2)N2CCCNCC2)c(OC)c1OC. The molecule has 27 heavy (non-hydrogen) atoms. The van der Waals surface area contributed by atoms with Crippen molar-refractivity contribution in [3.63, 3.8) is 0 Å². The van der Waals surface area contributed by atoms with Crippen LogP contribution in [0.3, 0.4) is 0 Å². The third-order valence-corrected chi connectivity index (χ3v) is 5.21. The quantitative estimate of drug-likeness (QED) is 0.813. The van der Waals surface area contributed by atoms with Gasteiger partial charge in [0, 0.05) is 30.2 Å². The van der Waals surface area contributed by atoms with Crippen LogP contribution in [0.25, 0.3) is 0 Å². The van der Waals surface area contributed by atoms with Gasteiger partial charge in [-0.25, -0.2) is 0 Å². The molecule has 1 fully saturated rings. The molecule has 0 amide bonds. The summed E-state index contributed by atoms with van der Waals surface area (Å²) in [6.07, 6.45) is 1.10. The molecule has 1 unspecified atom stereocenters. The van der Waals surface area contributed by atoms with Crippen molar-refractivity contribution in [2.75, 3.05) is 47.5 Å². The van der Waals surface area contributed by atoms with Gasteiger partial charge in [-0.1, -0.05) is 23.7 Å². The van der Waals surface area contributed by atoms with E-state index in [1.807, 2.05) is 18.2 Å². The third kappa shape index (κ3) is 4.32. The summed E-state index contributed by atoms with van der Waals surface area (Å²) in [6.45, 7) is 3.94. The first-order valence-electron chi connectivity index (χ1n) is 9.18. The van der Waals surface area contributed by atoms with Crippen molar-refractivity contribution in [2.24, 2.45) is 0 Å². The van der Waals surface area contributed by atoms with Crippen molar-refractivity contribution < 1.29 is 14.2 Å². The van der Waals surface area contributed by atoms with Crippen LogP contribution in [-0.4, -0.2) is 52.4 Å². The Kier molecular flexibility index (Phi) is 6.83. The number of ether oxygens (including phenoxy) is 3. The lowest BCUT2D eigenvalue weighted by Gasteiger charge is -2.32.